The maximum absolute atomic E-state index is 13.0. The quantitative estimate of drug-likeness (QED) is 0.650. The Bertz CT molecular complexity index is 786. The molecular formula is C24H30N2O2S. The lowest BCUT2D eigenvalue weighted by atomic mass is 10.1. The van der Waals surface area contributed by atoms with Crippen molar-refractivity contribution in [3.05, 3.63) is 65.7 Å². The number of benzene rings is 2. The molecule has 4 nitrogen and oxygen atoms in total. The standard InChI is InChI=1S/C24H30N2O2S/c27-24(21-12-4-5-13-23(21)29-18-20-11-8-16-28-20)25-17-22(26-14-6-7-15-26)19-9-2-1-3-10-19/h1-5,9-10,12-13,20,22H,6-8,11,14-18H2,(H,25,27)/t20-,22+/m1/s1. The van der Waals surface area contributed by atoms with Crippen molar-refractivity contribution in [1.29, 1.82) is 0 Å². The summed E-state index contributed by atoms with van der Waals surface area (Å²) in [5.41, 5.74) is 2.04. The molecule has 2 heterocycles. The van der Waals surface area contributed by atoms with Gasteiger partial charge in [0.25, 0.3) is 5.91 Å². The second kappa shape index (κ2) is 10.3. The van der Waals surface area contributed by atoms with E-state index in [2.05, 4.69) is 34.5 Å². The fraction of sp³-hybridized carbons (Fsp3) is 0.458. The fourth-order valence-corrected chi connectivity index (χ4v) is 5.33. The molecular weight excluding hydrogens is 380 g/mol. The lowest BCUT2D eigenvalue weighted by molar-refractivity contribution is 0.0935. The first-order valence-corrected chi connectivity index (χ1v) is 11.7. The predicted molar refractivity (Wildman–Crippen MR) is 118 cm³/mol. The van der Waals surface area contributed by atoms with Gasteiger partial charge in [-0.1, -0.05) is 42.5 Å². The van der Waals surface area contributed by atoms with Gasteiger partial charge in [0.1, 0.15) is 0 Å². The molecule has 1 N–H and O–H groups in total. The Labute approximate surface area is 178 Å². The van der Waals surface area contributed by atoms with Gasteiger partial charge in [0.2, 0.25) is 0 Å². The largest absolute Gasteiger partial charge is 0.377 e. The summed E-state index contributed by atoms with van der Waals surface area (Å²) in [5.74, 6) is 0.922. The van der Waals surface area contributed by atoms with E-state index in [1.54, 1.807) is 11.8 Å². The smallest absolute Gasteiger partial charge is 0.252 e. The summed E-state index contributed by atoms with van der Waals surface area (Å²) < 4.78 is 5.73. The third-order valence-corrected chi connectivity index (χ3v) is 7.01. The molecule has 0 saturated carbocycles. The average Bonchev–Trinajstić information content (AvgIpc) is 3.48. The Balaban J connectivity index is 1.41. The lowest BCUT2D eigenvalue weighted by Crippen LogP contribution is -2.37. The number of carbonyl (C=O) groups is 1. The van der Waals surface area contributed by atoms with E-state index in [0.717, 1.165) is 48.7 Å². The molecule has 29 heavy (non-hydrogen) atoms. The Morgan fingerprint density at radius 1 is 1.07 bits per heavy atom. The summed E-state index contributed by atoms with van der Waals surface area (Å²) in [4.78, 5) is 16.6. The molecule has 2 aliphatic rings. The number of ether oxygens (including phenoxy) is 1. The minimum atomic E-state index is 0.0144. The third kappa shape index (κ3) is 5.41. The highest BCUT2D eigenvalue weighted by atomic mass is 32.2. The van der Waals surface area contributed by atoms with Crippen molar-refractivity contribution in [2.45, 2.75) is 42.7 Å². The van der Waals surface area contributed by atoms with Gasteiger partial charge in [-0.25, -0.2) is 0 Å². The highest BCUT2D eigenvalue weighted by Crippen LogP contribution is 2.28. The molecule has 5 heteroatoms. The Kier molecular flexibility index (Phi) is 7.25. The van der Waals surface area contributed by atoms with Crippen LogP contribution in [-0.2, 0) is 4.74 Å². The van der Waals surface area contributed by atoms with Crippen molar-refractivity contribution in [3.63, 3.8) is 0 Å². The van der Waals surface area contributed by atoms with Crippen molar-refractivity contribution in [2.24, 2.45) is 0 Å². The zero-order valence-electron chi connectivity index (χ0n) is 16.9. The van der Waals surface area contributed by atoms with Crippen LogP contribution in [0.2, 0.25) is 0 Å². The van der Waals surface area contributed by atoms with E-state index in [0.29, 0.717) is 12.6 Å². The second-order valence-electron chi connectivity index (χ2n) is 7.82. The molecule has 1 amide bonds. The lowest BCUT2D eigenvalue weighted by Gasteiger charge is -2.28. The van der Waals surface area contributed by atoms with Crippen molar-refractivity contribution >= 4 is 17.7 Å². The van der Waals surface area contributed by atoms with Crippen LogP contribution in [0.5, 0.6) is 0 Å². The minimum Gasteiger partial charge on any atom is -0.377 e. The second-order valence-corrected chi connectivity index (χ2v) is 8.88. The molecule has 0 radical (unpaired) electrons. The normalized spacial score (nSPS) is 20.6. The van der Waals surface area contributed by atoms with Crippen LogP contribution in [0.25, 0.3) is 0 Å². The molecule has 2 aromatic carbocycles. The fourth-order valence-electron chi connectivity index (χ4n) is 4.21. The van der Waals surface area contributed by atoms with Gasteiger partial charge in [-0.2, -0.15) is 0 Å². The summed E-state index contributed by atoms with van der Waals surface area (Å²) in [5, 5.41) is 3.22. The number of hydrogen-bond donors (Lipinski definition) is 1. The number of hydrogen-bond acceptors (Lipinski definition) is 4. The summed E-state index contributed by atoms with van der Waals surface area (Å²) in [6.07, 6.45) is 5.05. The average molecular weight is 411 g/mol. The maximum atomic E-state index is 13.0. The van der Waals surface area contributed by atoms with Gasteiger partial charge in [0.05, 0.1) is 17.7 Å². The molecule has 0 bridgehead atoms. The van der Waals surface area contributed by atoms with Crippen LogP contribution in [0.4, 0.5) is 0 Å². The summed E-state index contributed by atoms with van der Waals surface area (Å²) in [6, 6.07) is 18.7. The van der Waals surface area contributed by atoms with Gasteiger partial charge in [-0.15, -0.1) is 11.8 Å². The molecule has 0 aromatic heterocycles. The van der Waals surface area contributed by atoms with Crippen LogP contribution in [0, 0.1) is 0 Å². The zero-order chi connectivity index (χ0) is 19.9. The molecule has 2 aliphatic heterocycles. The topological polar surface area (TPSA) is 41.6 Å². The molecule has 0 spiro atoms. The molecule has 0 unspecified atom stereocenters. The molecule has 154 valence electrons. The van der Waals surface area contributed by atoms with Gasteiger partial charge in [0.15, 0.2) is 0 Å². The van der Waals surface area contributed by atoms with Gasteiger partial charge in [-0.05, 0) is 56.5 Å². The highest BCUT2D eigenvalue weighted by molar-refractivity contribution is 7.99. The van der Waals surface area contributed by atoms with E-state index < -0.39 is 0 Å². The molecule has 2 fully saturated rings. The Morgan fingerprint density at radius 2 is 1.83 bits per heavy atom. The van der Waals surface area contributed by atoms with Gasteiger partial charge < -0.3 is 10.1 Å². The molecule has 0 aliphatic carbocycles. The van der Waals surface area contributed by atoms with Crippen LogP contribution >= 0.6 is 11.8 Å². The van der Waals surface area contributed by atoms with Crippen LogP contribution in [0.1, 0.15) is 47.6 Å². The molecule has 4 rings (SSSR count). The van der Waals surface area contributed by atoms with Crippen LogP contribution in [0.15, 0.2) is 59.5 Å². The molecule has 2 atom stereocenters. The molecule has 2 saturated heterocycles. The number of nitrogens with one attached hydrogen (secondary N) is 1. The summed E-state index contributed by atoms with van der Waals surface area (Å²) in [6.45, 7) is 3.70. The van der Waals surface area contributed by atoms with E-state index in [1.165, 1.54) is 18.4 Å². The number of carbonyl (C=O) groups excluding carboxylic acids is 1. The highest BCUT2D eigenvalue weighted by Gasteiger charge is 2.24. The SMILES string of the molecule is O=C(NC[C@@H](c1ccccc1)N1CCCC1)c1ccccc1SC[C@H]1CCCO1. The Hall–Kier alpha value is -1.82. The van der Waals surface area contributed by atoms with Crippen LogP contribution < -0.4 is 5.32 Å². The zero-order valence-corrected chi connectivity index (χ0v) is 17.7. The monoisotopic (exact) mass is 410 g/mol. The van der Waals surface area contributed by atoms with E-state index in [9.17, 15) is 4.79 Å². The van der Waals surface area contributed by atoms with E-state index in [1.807, 2.05) is 30.3 Å². The van der Waals surface area contributed by atoms with Gasteiger partial charge >= 0.3 is 0 Å². The van der Waals surface area contributed by atoms with Crippen molar-refractivity contribution in [2.75, 3.05) is 32.0 Å². The van der Waals surface area contributed by atoms with Crippen LogP contribution in [0.3, 0.4) is 0 Å². The number of rotatable bonds is 8. The number of amides is 1. The van der Waals surface area contributed by atoms with E-state index >= 15 is 0 Å². The first kappa shape index (κ1) is 20.5. The van der Waals surface area contributed by atoms with E-state index in [-0.39, 0.29) is 11.9 Å². The summed E-state index contributed by atoms with van der Waals surface area (Å²) in [7, 11) is 0. The third-order valence-electron chi connectivity index (χ3n) is 5.80. The van der Waals surface area contributed by atoms with E-state index in [4.69, 9.17) is 4.74 Å². The van der Waals surface area contributed by atoms with Crippen molar-refractivity contribution in [3.8, 4) is 0 Å². The summed E-state index contributed by atoms with van der Waals surface area (Å²) >= 11 is 1.73. The minimum absolute atomic E-state index is 0.0144. The number of nitrogens with zero attached hydrogens (tertiary/aromatic N) is 1. The molecule has 2 aromatic rings. The predicted octanol–water partition coefficient (Wildman–Crippen LogP) is 4.52. The first-order chi connectivity index (χ1) is 14.3. The van der Waals surface area contributed by atoms with Crippen molar-refractivity contribution < 1.29 is 9.53 Å². The maximum Gasteiger partial charge on any atom is 0.252 e. The van der Waals surface area contributed by atoms with Gasteiger partial charge in [-0.3, -0.25) is 9.69 Å². The van der Waals surface area contributed by atoms with Crippen molar-refractivity contribution in [1.82, 2.24) is 10.2 Å². The Morgan fingerprint density at radius 3 is 2.59 bits per heavy atom. The number of thioether (sulfide) groups is 1. The first-order valence-electron chi connectivity index (χ1n) is 10.7. The van der Waals surface area contributed by atoms with Gasteiger partial charge in [0, 0.05) is 23.8 Å². The number of likely N-dealkylation sites (tertiary alicyclic amines) is 1. The van der Waals surface area contributed by atoms with Crippen LogP contribution in [-0.4, -0.2) is 48.9 Å².